The zero-order valence-corrected chi connectivity index (χ0v) is 13.1. The summed E-state index contributed by atoms with van der Waals surface area (Å²) in [5.74, 6) is -0.181. The van der Waals surface area contributed by atoms with E-state index >= 15 is 0 Å². The number of methoxy groups -OCH3 is 1. The zero-order valence-electron chi connectivity index (χ0n) is 12.1. The first-order valence-electron chi connectivity index (χ1n) is 6.43. The van der Waals surface area contributed by atoms with Crippen molar-refractivity contribution in [3.63, 3.8) is 0 Å². The van der Waals surface area contributed by atoms with Crippen molar-refractivity contribution in [1.82, 2.24) is 0 Å². The van der Waals surface area contributed by atoms with E-state index in [0.717, 1.165) is 25.7 Å². The van der Waals surface area contributed by atoms with Crippen LogP contribution in [0.1, 0.15) is 46.5 Å². The largest absolute Gasteiger partial charge is 0.467 e. The maximum absolute atomic E-state index is 12.0. The predicted molar refractivity (Wildman–Crippen MR) is 71.5 cm³/mol. The number of rotatable bonds is 3. The van der Waals surface area contributed by atoms with Crippen molar-refractivity contribution in [3.05, 3.63) is 0 Å². The van der Waals surface area contributed by atoms with E-state index < -0.39 is 13.9 Å². The fourth-order valence-corrected chi connectivity index (χ4v) is 3.69. The monoisotopic (exact) mass is 258 g/mol. The molecule has 0 saturated heterocycles. The number of carbonyl (C=O) groups excluding carboxylic acids is 1. The van der Waals surface area contributed by atoms with Crippen LogP contribution < -0.4 is 0 Å². The molecule has 0 spiro atoms. The van der Waals surface area contributed by atoms with Crippen LogP contribution in [-0.2, 0) is 14.0 Å². The molecule has 0 bridgehead atoms. The molecule has 0 aromatic rings. The van der Waals surface area contributed by atoms with Gasteiger partial charge in [-0.3, -0.25) is 0 Å². The van der Waals surface area contributed by atoms with Crippen molar-refractivity contribution in [2.45, 2.75) is 70.2 Å². The second-order valence-electron chi connectivity index (χ2n) is 6.56. The summed E-state index contributed by atoms with van der Waals surface area (Å²) in [6.07, 6.45) is 3.74. The molecule has 0 aliphatic heterocycles. The first kappa shape index (κ1) is 14.7. The van der Waals surface area contributed by atoms with E-state index in [1.165, 1.54) is 7.11 Å². The fourth-order valence-electron chi connectivity index (χ4n) is 2.12. The fraction of sp³-hybridized carbons (Fsp3) is 0.923. The lowest BCUT2D eigenvalue weighted by Crippen LogP contribution is -2.52. The highest BCUT2D eigenvalue weighted by atomic mass is 28.4. The van der Waals surface area contributed by atoms with Crippen molar-refractivity contribution in [3.8, 4) is 0 Å². The molecule has 0 atom stereocenters. The van der Waals surface area contributed by atoms with Gasteiger partial charge in [-0.05, 0) is 43.8 Å². The summed E-state index contributed by atoms with van der Waals surface area (Å²) in [6, 6.07) is 0. The van der Waals surface area contributed by atoms with Crippen LogP contribution in [0.25, 0.3) is 0 Å². The summed E-state index contributed by atoms with van der Waals surface area (Å²) < 4.78 is 11.3. The molecule has 0 amide bonds. The van der Waals surface area contributed by atoms with Gasteiger partial charge >= 0.3 is 5.97 Å². The van der Waals surface area contributed by atoms with E-state index in [4.69, 9.17) is 9.16 Å². The Morgan fingerprint density at radius 3 is 2.00 bits per heavy atom. The summed E-state index contributed by atoms with van der Waals surface area (Å²) >= 11 is 0. The maximum Gasteiger partial charge on any atom is 0.336 e. The lowest BCUT2D eigenvalue weighted by Gasteiger charge is -2.42. The molecule has 1 saturated carbocycles. The SMILES string of the molecule is COC(=O)C1(O[Si](C)(C)C(C)(C)C)CCCC1. The Labute approximate surface area is 106 Å². The molecular weight excluding hydrogens is 232 g/mol. The van der Waals surface area contributed by atoms with Crippen LogP contribution in [0, 0.1) is 0 Å². The molecule has 0 unspecified atom stereocenters. The maximum atomic E-state index is 12.0. The smallest absolute Gasteiger partial charge is 0.336 e. The number of hydrogen-bond acceptors (Lipinski definition) is 3. The van der Waals surface area contributed by atoms with Gasteiger partial charge < -0.3 is 9.16 Å². The Bertz CT molecular complexity index is 286. The van der Waals surface area contributed by atoms with Gasteiger partial charge in [-0.1, -0.05) is 20.8 Å². The Morgan fingerprint density at radius 1 is 1.18 bits per heavy atom. The molecule has 4 heteroatoms. The standard InChI is InChI=1S/C13H26O3Si/c1-12(2,3)17(5,6)16-13(11(14)15-4)9-7-8-10-13/h7-10H2,1-6H3. The van der Waals surface area contributed by atoms with Gasteiger partial charge in [-0.25, -0.2) is 4.79 Å². The van der Waals surface area contributed by atoms with E-state index in [1.807, 2.05) is 0 Å². The van der Waals surface area contributed by atoms with Crippen LogP contribution in [0.2, 0.25) is 18.1 Å². The summed E-state index contributed by atoms with van der Waals surface area (Å²) in [4.78, 5) is 12.0. The normalized spacial score (nSPS) is 20.4. The number of ether oxygens (including phenoxy) is 1. The summed E-state index contributed by atoms with van der Waals surface area (Å²) in [5, 5.41) is 0.122. The molecular formula is C13H26O3Si. The third-order valence-corrected chi connectivity index (χ3v) is 8.74. The second kappa shape index (κ2) is 4.73. The van der Waals surface area contributed by atoms with E-state index in [9.17, 15) is 4.79 Å². The lowest BCUT2D eigenvalue weighted by atomic mass is 10.0. The molecule has 0 aromatic carbocycles. The minimum absolute atomic E-state index is 0.122. The molecule has 17 heavy (non-hydrogen) atoms. The molecule has 0 aromatic heterocycles. The molecule has 1 aliphatic carbocycles. The summed E-state index contributed by atoms with van der Waals surface area (Å²) in [7, 11) is -0.466. The van der Waals surface area contributed by atoms with Crippen molar-refractivity contribution >= 4 is 14.3 Å². The van der Waals surface area contributed by atoms with E-state index in [1.54, 1.807) is 0 Å². The van der Waals surface area contributed by atoms with E-state index in [-0.39, 0.29) is 11.0 Å². The van der Waals surface area contributed by atoms with Gasteiger partial charge in [0.1, 0.15) is 0 Å². The average molecular weight is 258 g/mol. The van der Waals surface area contributed by atoms with Gasteiger partial charge in [0.05, 0.1) is 7.11 Å². The third-order valence-electron chi connectivity index (χ3n) is 4.23. The Hall–Kier alpha value is -0.353. The molecule has 100 valence electrons. The van der Waals surface area contributed by atoms with Gasteiger partial charge in [0.25, 0.3) is 0 Å². The number of hydrogen-bond donors (Lipinski definition) is 0. The first-order valence-corrected chi connectivity index (χ1v) is 9.34. The minimum Gasteiger partial charge on any atom is -0.467 e. The Balaban J connectivity index is 2.92. The number of esters is 1. The quantitative estimate of drug-likeness (QED) is 0.574. The second-order valence-corrected chi connectivity index (χ2v) is 11.3. The van der Waals surface area contributed by atoms with Gasteiger partial charge in [-0.2, -0.15) is 0 Å². The first-order chi connectivity index (χ1) is 7.65. The van der Waals surface area contributed by atoms with Crippen molar-refractivity contribution in [2.24, 2.45) is 0 Å². The molecule has 0 radical (unpaired) electrons. The van der Waals surface area contributed by atoms with Crippen LogP contribution in [0.15, 0.2) is 0 Å². The highest BCUT2D eigenvalue weighted by Gasteiger charge is 2.50. The lowest BCUT2D eigenvalue weighted by molar-refractivity contribution is -0.159. The molecule has 1 fully saturated rings. The highest BCUT2D eigenvalue weighted by Crippen LogP contribution is 2.44. The highest BCUT2D eigenvalue weighted by molar-refractivity contribution is 6.74. The van der Waals surface area contributed by atoms with Gasteiger partial charge in [-0.15, -0.1) is 0 Å². The summed E-state index contributed by atoms with van der Waals surface area (Å²) in [6.45, 7) is 11.0. The number of carbonyl (C=O) groups is 1. The Kier molecular flexibility index (Phi) is 4.09. The van der Waals surface area contributed by atoms with E-state index in [2.05, 4.69) is 33.9 Å². The van der Waals surface area contributed by atoms with Gasteiger partial charge in [0.2, 0.25) is 0 Å². The van der Waals surface area contributed by atoms with Crippen LogP contribution in [0.5, 0.6) is 0 Å². The molecule has 1 aliphatic rings. The summed E-state index contributed by atoms with van der Waals surface area (Å²) in [5.41, 5.74) is -0.655. The predicted octanol–water partition coefficient (Wildman–Crippen LogP) is 3.49. The van der Waals surface area contributed by atoms with Crippen molar-refractivity contribution in [1.29, 1.82) is 0 Å². The van der Waals surface area contributed by atoms with Gasteiger partial charge in [0.15, 0.2) is 13.9 Å². The topological polar surface area (TPSA) is 35.5 Å². The average Bonchev–Trinajstić information content (AvgIpc) is 2.63. The van der Waals surface area contributed by atoms with Crippen LogP contribution >= 0.6 is 0 Å². The van der Waals surface area contributed by atoms with Crippen LogP contribution in [0.4, 0.5) is 0 Å². The van der Waals surface area contributed by atoms with Crippen LogP contribution in [0.3, 0.4) is 0 Å². The van der Waals surface area contributed by atoms with E-state index in [0.29, 0.717) is 0 Å². The zero-order chi connectivity index (χ0) is 13.3. The third kappa shape index (κ3) is 2.91. The molecule has 3 nitrogen and oxygen atoms in total. The molecule has 0 heterocycles. The van der Waals surface area contributed by atoms with Crippen LogP contribution in [-0.4, -0.2) is 27.0 Å². The van der Waals surface area contributed by atoms with Gasteiger partial charge in [0, 0.05) is 0 Å². The van der Waals surface area contributed by atoms with Crippen molar-refractivity contribution in [2.75, 3.05) is 7.11 Å². The minimum atomic E-state index is -1.92. The van der Waals surface area contributed by atoms with Crippen molar-refractivity contribution < 1.29 is 14.0 Å². The molecule has 1 rings (SSSR count). The Morgan fingerprint density at radius 2 is 1.65 bits per heavy atom. The molecule has 0 N–H and O–H groups in total.